The zero-order valence-electron chi connectivity index (χ0n) is 7.71. The summed E-state index contributed by atoms with van der Waals surface area (Å²) in [4.78, 5) is 11.4. The van der Waals surface area contributed by atoms with Gasteiger partial charge < -0.3 is 0 Å². The first-order valence-electron chi connectivity index (χ1n) is 4.58. The molecule has 0 bridgehead atoms. The van der Waals surface area contributed by atoms with Crippen LogP contribution in [0.15, 0.2) is 23.3 Å². The lowest BCUT2D eigenvalue weighted by atomic mass is 9.77. The first-order chi connectivity index (χ1) is 6.72. The lowest BCUT2D eigenvalue weighted by Gasteiger charge is -2.23. The number of carbonyl (C=O) groups is 1. The van der Waals surface area contributed by atoms with E-state index in [0.717, 1.165) is 24.8 Å². The Labute approximate surface area is 82.9 Å². The third-order valence-electron chi connectivity index (χ3n) is 2.93. The molecule has 0 aromatic rings. The van der Waals surface area contributed by atoms with Gasteiger partial charge in [0.1, 0.15) is 6.07 Å². The summed E-state index contributed by atoms with van der Waals surface area (Å²) in [5, 5.41) is 8.75. The Hall–Kier alpha value is -1.80. The van der Waals surface area contributed by atoms with Crippen molar-refractivity contribution < 1.29 is 4.79 Å². The minimum Gasteiger partial charge on any atom is -0.288 e. The predicted octanol–water partition coefficient (Wildman–Crippen LogP) is 1.75. The maximum Gasteiger partial charge on any atom is 0.196 e. The van der Waals surface area contributed by atoms with Crippen molar-refractivity contribution in [1.29, 1.82) is 5.26 Å². The molecule has 68 valence electrons. The molecule has 0 heterocycles. The highest BCUT2D eigenvalue weighted by atomic mass is 16.1. The molecule has 0 saturated heterocycles. The van der Waals surface area contributed by atoms with Crippen LogP contribution in [0.4, 0.5) is 0 Å². The van der Waals surface area contributed by atoms with E-state index in [9.17, 15) is 4.79 Å². The standard InChI is InChI=1S/C12H9NO/c1-2-12-5-3-4-10(12)6-11(14)9(7-12)8-13/h1,6-7H,3-5H2. The Bertz CT molecular complexity index is 442. The third kappa shape index (κ3) is 1.01. The highest BCUT2D eigenvalue weighted by molar-refractivity contribution is 6.09. The van der Waals surface area contributed by atoms with Crippen molar-refractivity contribution in [1.82, 2.24) is 0 Å². The molecule has 2 aliphatic rings. The average molecular weight is 183 g/mol. The molecule has 1 fully saturated rings. The minimum absolute atomic E-state index is 0.189. The maximum atomic E-state index is 11.4. The van der Waals surface area contributed by atoms with Gasteiger partial charge in [-0.3, -0.25) is 4.79 Å². The third-order valence-corrected chi connectivity index (χ3v) is 2.93. The van der Waals surface area contributed by atoms with Gasteiger partial charge in [0.25, 0.3) is 0 Å². The number of terminal acetylenes is 1. The van der Waals surface area contributed by atoms with Gasteiger partial charge >= 0.3 is 0 Å². The van der Waals surface area contributed by atoms with Crippen LogP contribution in [0, 0.1) is 29.1 Å². The molecule has 1 saturated carbocycles. The lowest BCUT2D eigenvalue weighted by Crippen LogP contribution is -2.20. The van der Waals surface area contributed by atoms with Crippen LogP contribution in [0.1, 0.15) is 19.3 Å². The average Bonchev–Trinajstić information content (AvgIpc) is 2.60. The van der Waals surface area contributed by atoms with E-state index in [1.165, 1.54) is 0 Å². The number of nitrogens with zero attached hydrogens (tertiary/aromatic N) is 1. The van der Waals surface area contributed by atoms with Crippen LogP contribution in [0.25, 0.3) is 0 Å². The van der Waals surface area contributed by atoms with Crippen LogP contribution in [0.3, 0.4) is 0 Å². The smallest absolute Gasteiger partial charge is 0.196 e. The fourth-order valence-corrected chi connectivity index (χ4v) is 2.15. The molecule has 2 aliphatic carbocycles. The second kappa shape index (κ2) is 2.86. The van der Waals surface area contributed by atoms with E-state index >= 15 is 0 Å². The Morgan fingerprint density at radius 2 is 2.36 bits per heavy atom. The first kappa shape index (κ1) is 8.78. The number of carbonyl (C=O) groups excluding carboxylic acids is 1. The van der Waals surface area contributed by atoms with E-state index < -0.39 is 5.41 Å². The Morgan fingerprint density at radius 3 is 3.00 bits per heavy atom. The van der Waals surface area contributed by atoms with Gasteiger partial charge in [0.05, 0.1) is 11.0 Å². The Balaban J connectivity index is 2.55. The van der Waals surface area contributed by atoms with Gasteiger partial charge in [-0.1, -0.05) is 5.92 Å². The fraction of sp³-hybridized carbons (Fsp3) is 0.333. The van der Waals surface area contributed by atoms with E-state index in [4.69, 9.17) is 11.7 Å². The zero-order valence-corrected chi connectivity index (χ0v) is 7.71. The summed E-state index contributed by atoms with van der Waals surface area (Å²) in [6, 6.07) is 1.90. The fourth-order valence-electron chi connectivity index (χ4n) is 2.15. The molecular weight excluding hydrogens is 174 g/mol. The summed E-state index contributed by atoms with van der Waals surface area (Å²) in [6.45, 7) is 0. The van der Waals surface area contributed by atoms with Gasteiger partial charge in [-0.05, 0) is 37.0 Å². The second-order valence-corrected chi connectivity index (χ2v) is 3.67. The summed E-state index contributed by atoms with van der Waals surface area (Å²) in [6.07, 6.45) is 11.4. The quantitative estimate of drug-likeness (QED) is 0.537. The molecule has 0 amide bonds. The zero-order chi connectivity index (χ0) is 10.2. The molecule has 0 aromatic carbocycles. The summed E-state index contributed by atoms with van der Waals surface area (Å²) < 4.78 is 0. The largest absolute Gasteiger partial charge is 0.288 e. The SMILES string of the molecule is C#CC12C=C(C#N)C(=O)C=C1CCC2. The number of ketones is 1. The molecule has 14 heavy (non-hydrogen) atoms. The number of hydrogen-bond acceptors (Lipinski definition) is 2. The summed E-state index contributed by atoms with van der Waals surface area (Å²) >= 11 is 0. The van der Waals surface area contributed by atoms with E-state index in [1.54, 1.807) is 12.2 Å². The molecule has 1 atom stereocenters. The van der Waals surface area contributed by atoms with Gasteiger partial charge in [-0.15, -0.1) is 6.42 Å². The molecule has 0 aliphatic heterocycles. The van der Waals surface area contributed by atoms with E-state index in [0.29, 0.717) is 0 Å². The van der Waals surface area contributed by atoms with E-state index in [2.05, 4.69) is 5.92 Å². The second-order valence-electron chi connectivity index (χ2n) is 3.67. The van der Waals surface area contributed by atoms with Crippen molar-refractivity contribution in [3.8, 4) is 18.4 Å². The van der Waals surface area contributed by atoms with Crippen molar-refractivity contribution >= 4 is 5.78 Å². The predicted molar refractivity (Wildman–Crippen MR) is 51.9 cm³/mol. The van der Waals surface area contributed by atoms with E-state index in [1.807, 2.05) is 6.07 Å². The van der Waals surface area contributed by atoms with Crippen molar-refractivity contribution in [3.63, 3.8) is 0 Å². The topological polar surface area (TPSA) is 40.9 Å². The number of nitriles is 1. The number of allylic oxidation sites excluding steroid dienone is 4. The van der Waals surface area contributed by atoms with Gasteiger partial charge in [0.2, 0.25) is 0 Å². The van der Waals surface area contributed by atoms with Crippen molar-refractivity contribution in [3.05, 3.63) is 23.3 Å². The number of hydrogen-bond donors (Lipinski definition) is 0. The molecule has 2 nitrogen and oxygen atoms in total. The van der Waals surface area contributed by atoms with Crippen LogP contribution < -0.4 is 0 Å². The molecule has 1 unspecified atom stereocenters. The molecule has 2 heteroatoms. The highest BCUT2D eigenvalue weighted by Crippen LogP contribution is 2.46. The van der Waals surface area contributed by atoms with Crippen molar-refractivity contribution in [2.45, 2.75) is 19.3 Å². The molecule has 0 aromatic heterocycles. The van der Waals surface area contributed by atoms with Crippen LogP contribution >= 0.6 is 0 Å². The van der Waals surface area contributed by atoms with Gasteiger partial charge in [0.15, 0.2) is 5.78 Å². The van der Waals surface area contributed by atoms with E-state index in [-0.39, 0.29) is 11.4 Å². The monoisotopic (exact) mass is 183 g/mol. The normalized spacial score (nSPS) is 29.7. The van der Waals surface area contributed by atoms with Gasteiger partial charge in [-0.25, -0.2) is 0 Å². The highest BCUT2D eigenvalue weighted by Gasteiger charge is 2.38. The van der Waals surface area contributed by atoms with Gasteiger partial charge in [0, 0.05) is 0 Å². The Morgan fingerprint density at radius 1 is 1.57 bits per heavy atom. The number of fused-ring (bicyclic) bond motifs is 1. The molecule has 0 N–H and O–H groups in total. The first-order valence-corrected chi connectivity index (χ1v) is 4.58. The minimum atomic E-state index is -0.432. The summed E-state index contributed by atoms with van der Waals surface area (Å²) in [7, 11) is 0. The molecule has 0 spiro atoms. The molecule has 0 radical (unpaired) electrons. The van der Waals surface area contributed by atoms with Gasteiger partial charge in [-0.2, -0.15) is 5.26 Å². The van der Waals surface area contributed by atoms with Crippen LogP contribution in [0.5, 0.6) is 0 Å². The lowest BCUT2D eigenvalue weighted by molar-refractivity contribution is -0.111. The van der Waals surface area contributed by atoms with Crippen molar-refractivity contribution in [2.75, 3.05) is 0 Å². The maximum absolute atomic E-state index is 11.4. The van der Waals surface area contributed by atoms with Crippen LogP contribution in [-0.2, 0) is 4.79 Å². The number of rotatable bonds is 0. The Kier molecular flexibility index (Phi) is 1.79. The van der Waals surface area contributed by atoms with Crippen LogP contribution in [0.2, 0.25) is 0 Å². The summed E-state index contributed by atoms with van der Waals surface area (Å²) in [5.74, 6) is 2.52. The summed E-state index contributed by atoms with van der Waals surface area (Å²) in [5.41, 5.74) is 0.761. The molecule has 2 rings (SSSR count). The molecular formula is C12H9NO. The van der Waals surface area contributed by atoms with Crippen molar-refractivity contribution in [2.24, 2.45) is 5.41 Å². The van der Waals surface area contributed by atoms with Crippen LogP contribution in [-0.4, -0.2) is 5.78 Å².